The van der Waals surface area contributed by atoms with Gasteiger partial charge in [-0.05, 0) is 61.8 Å². The van der Waals surface area contributed by atoms with E-state index < -0.39 is 0 Å². The van der Waals surface area contributed by atoms with Crippen LogP contribution in [0, 0.1) is 0 Å². The maximum atomic E-state index is 5.90. The van der Waals surface area contributed by atoms with E-state index in [1.54, 1.807) is 0 Å². The highest BCUT2D eigenvalue weighted by atomic mass is 127. The van der Waals surface area contributed by atoms with Gasteiger partial charge in [0.05, 0.1) is 6.04 Å². The van der Waals surface area contributed by atoms with E-state index in [1.165, 1.54) is 49.7 Å². The van der Waals surface area contributed by atoms with Gasteiger partial charge in [0.25, 0.3) is 0 Å². The minimum atomic E-state index is 0. The van der Waals surface area contributed by atoms with Gasteiger partial charge in [0.15, 0.2) is 5.96 Å². The molecular weight excluding hydrogens is 337 g/mol. The van der Waals surface area contributed by atoms with Gasteiger partial charge in [-0.25, -0.2) is 4.99 Å². The van der Waals surface area contributed by atoms with Crippen molar-refractivity contribution in [1.82, 2.24) is 0 Å². The molecule has 1 aromatic rings. The van der Waals surface area contributed by atoms with E-state index in [-0.39, 0.29) is 24.0 Å². The van der Waals surface area contributed by atoms with E-state index in [0.29, 0.717) is 12.0 Å². The zero-order valence-electron chi connectivity index (χ0n) is 10.5. The van der Waals surface area contributed by atoms with Crippen LogP contribution in [0.5, 0.6) is 0 Å². The molecule has 18 heavy (non-hydrogen) atoms. The van der Waals surface area contributed by atoms with Crippen LogP contribution in [0.3, 0.4) is 0 Å². The van der Waals surface area contributed by atoms with Gasteiger partial charge < -0.3 is 11.1 Å². The lowest BCUT2D eigenvalue weighted by molar-refractivity contribution is 0.420. The lowest BCUT2D eigenvalue weighted by atomic mass is 9.94. The molecule has 1 fully saturated rings. The predicted molar refractivity (Wildman–Crippen MR) is 86.8 cm³/mol. The zero-order valence-corrected chi connectivity index (χ0v) is 12.8. The van der Waals surface area contributed by atoms with E-state index in [4.69, 9.17) is 5.73 Å². The molecule has 4 heteroatoms. The van der Waals surface area contributed by atoms with Crippen molar-refractivity contribution in [3.8, 4) is 0 Å². The third-order valence-electron chi connectivity index (χ3n) is 3.77. The van der Waals surface area contributed by atoms with Crippen molar-refractivity contribution < 1.29 is 0 Å². The fourth-order valence-corrected chi connectivity index (χ4v) is 2.54. The van der Waals surface area contributed by atoms with Gasteiger partial charge in [-0.15, -0.1) is 24.0 Å². The van der Waals surface area contributed by atoms with Crippen LogP contribution < -0.4 is 11.1 Å². The highest BCUT2D eigenvalue weighted by Crippen LogP contribution is 2.25. The molecule has 0 amide bonds. The maximum absolute atomic E-state index is 5.90. The van der Waals surface area contributed by atoms with Gasteiger partial charge in [0.1, 0.15) is 0 Å². The summed E-state index contributed by atoms with van der Waals surface area (Å²) in [7, 11) is 0. The second-order valence-electron chi connectivity index (χ2n) is 5.06. The summed E-state index contributed by atoms with van der Waals surface area (Å²) in [5.41, 5.74) is 9.93. The normalized spacial score (nSPS) is 18.8. The third-order valence-corrected chi connectivity index (χ3v) is 3.77. The fraction of sp³-hybridized carbons (Fsp3) is 0.500. The Hall–Kier alpha value is -0.780. The first-order valence-electron chi connectivity index (χ1n) is 6.53. The third kappa shape index (κ3) is 2.96. The number of fused-ring (bicyclic) bond motifs is 1. The quantitative estimate of drug-likeness (QED) is 0.486. The molecular formula is C14H20IN3. The average molecular weight is 357 g/mol. The molecule has 2 aliphatic carbocycles. The summed E-state index contributed by atoms with van der Waals surface area (Å²) in [5, 5.41) is 3.20. The van der Waals surface area contributed by atoms with Crippen LogP contribution in [-0.4, -0.2) is 12.0 Å². The first-order chi connectivity index (χ1) is 8.31. The molecule has 1 saturated carbocycles. The number of rotatable bonds is 2. The van der Waals surface area contributed by atoms with Crippen LogP contribution in [-0.2, 0) is 12.8 Å². The molecule has 0 bridgehead atoms. The molecule has 0 aromatic heterocycles. The van der Waals surface area contributed by atoms with Crippen molar-refractivity contribution in [2.24, 2.45) is 10.7 Å². The Balaban J connectivity index is 0.00000120. The topological polar surface area (TPSA) is 50.4 Å². The molecule has 3 rings (SSSR count). The summed E-state index contributed by atoms with van der Waals surface area (Å²) in [6.45, 7) is 0. The van der Waals surface area contributed by atoms with E-state index in [0.717, 1.165) is 5.69 Å². The van der Waals surface area contributed by atoms with Crippen LogP contribution in [0.2, 0.25) is 0 Å². The summed E-state index contributed by atoms with van der Waals surface area (Å²) in [6.07, 6.45) is 7.37. The van der Waals surface area contributed by atoms with Gasteiger partial charge >= 0.3 is 0 Å². The van der Waals surface area contributed by atoms with Gasteiger partial charge in [-0.1, -0.05) is 6.07 Å². The minimum Gasteiger partial charge on any atom is -0.370 e. The molecule has 0 spiro atoms. The van der Waals surface area contributed by atoms with Gasteiger partial charge in [-0.3, -0.25) is 0 Å². The summed E-state index contributed by atoms with van der Waals surface area (Å²) < 4.78 is 0. The molecule has 0 heterocycles. The number of nitrogens with one attached hydrogen (secondary N) is 1. The highest BCUT2D eigenvalue weighted by molar-refractivity contribution is 14.0. The summed E-state index contributed by atoms with van der Waals surface area (Å²) in [6, 6.07) is 6.98. The standard InChI is InChI=1S/C14H19N3.HI/c15-14(16-12-5-2-6-12)17-13-8-7-10-3-1-4-11(10)9-13;/h7-9,12H,1-6H2,(H3,15,16,17);1H. The first kappa shape index (κ1) is 13.6. The molecule has 3 N–H and O–H groups in total. The molecule has 0 unspecified atom stereocenters. The van der Waals surface area contributed by atoms with Gasteiger partial charge in [0.2, 0.25) is 0 Å². The Labute approximate surface area is 125 Å². The summed E-state index contributed by atoms with van der Waals surface area (Å²) >= 11 is 0. The van der Waals surface area contributed by atoms with Crippen molar-refractivity contribution in [3.63, 3.8) is 0 Å². The average Bonchev–Trinajstić information content (AvgIpc) is 2.71. The van der Waals surface area contributed by atoms with Crippen molar-refractivity contribution in [2.45, 2.75) is 44.6 Å². The van der Waals surface area contributed by atoms with Crippen LogP contribution in [0.15, 0.2) is 23.2 Å². The number of halogens is 1. The van der Waals surface area contributed by atoms with E-state index in [1.807, 2.05) is 0 Å². The molecule has 0 saturated heterocycles. The minimum absolute atomic E-state index is 0. The molecule has 2 aliphatic rings. The SMILES string of the molecule is I.NC(=NC1CCC1)Nc1ccc2c(c1)CCC2. The number of anilines is 1. The molecule has 0 atom stereocenters. The van der Waals surface area contributed by atoms with Crippen LogP contribution in [0.25, 0.3) is 0 Å². The second-order valence-corrected chi connectivity index (χ2v) is 5.06. The highest BCUT2D eigenvalue weighted by Gasteiger charge is 2.16. The number of hydrogen-bond donors (Lipinski definition) is 2. The summed E-state index contributed by atoms with van der Waals surface area (Å²) in [5.74, 6) is 0.563. The predicted octanol–water partition coefficient (Wildman–Crippen LogP) is 3.07. The number of benzene rings is 1. The smallest absolute Gasteiger partial charge is 0.193 e. The van der Waals surface area contributed by atoms with Crippen LogP contribution in [0.1, 0.15) is 36.8 Å². The Morgan fingerprint density at radius 3 is 2.67 bits per heavy atom. The number of nitrogens with zero attached hydrogens (tertiary/aromatic N) is 1. The van der Waals surface area contributed by atoms with Crippen molar-refractivity contribution in [2.75, 3.05) is 5.32 Å². The Kier molecular flexibility index (Phi) is 4.48. The van der Waals surface area contributed by atoms with Crippen molar-refractivity contribution >= 4 is 35.6 Å². The Morgan fingerprint density at radius 2 is 1.94 bits per heavy atom. The molecule has 98 valence electrons. The summed E-state index contributed by atoms with van der Waals surface area (Å²) in [4.78, 5) is 4.45. The van der Waals surface area contributed by atoms with Crippen molar-refractivity contribution in [1.29, 1.82) is 0 Å². The Morgan fingerprint density at radius 1 is 1.17 bits per heavy atom. The largest absolute Gasteiger partial charge is 0.370 e. The van der Waals surface area contributed by atoms with Gasteiger partial charge in [-0.2, -0.15) is 0 Å². The number of aryl methyl sites for hydroxylation is 2. The first-order valence-corrected chi connectivity index (χ1v) is 6.53. The molecule has 0 aliphatic heterocycles. The second kappa shape index (κ2) is 5.91. The van der Waals surface area contributed by atoms with E-state index in [9.17, 15) is 0 Å². The van der Waals surface area contributed by atoms with E-state index >= 15 is 0 Å². The number of nitrogens with two attached hydrogens (primary N) is 1. The molecule has 1 aromatic carbocycles. The number of guanidine groups is 1. The lowest BCUT2D eigenvalue weighted by Gasteiger charge is -2.21. The van der Waals surface area contributed by atoms with Crippen LogP contribution >= 0.6 is 24.0 Å². The number of aliphatic imine (C=N–C) groups is 1. The van der Waals surface area contributed by atoms with Crippen LogP contribution in [0.4, 0.5) is 5.69 Å². The Bertz CT molecular complexity index is 452. The lowest BCUT2D eigenvalue weighted by Crippen LogP contribution is -2.27. The fourth-order valence-electron chi connectivity index (χ4n) is 2.54. The van der Waals surface area contributed by atoms with Gasteiger partial charge in [0, 0.05) is 5.69 Å². The molecule has 3 nitrogen and oxygen atoms in total. The number of hydrogen-bond acceptors (Lipinski definition) is 1. The molecule has 0 radical (unpaired) electrons. The zero-order chi connectivity index (χ0) is 11.7. The maximum Gasteiger partial charge on any atom is 0.193 e. The van der Waals surface area contributed by atoms with Crippen molar-refractivity contribution in [3.05, 3.63) is 29.3 Å². The monoisotopic (exact) mass is 357 g/mol. The van der Waals surface area contributed by atoms with E-state index in [2.05, 4.69) is 28.5 Å².